The van der Waals surface area contributed by atoms with Gasteiger partial charge >= 0.3 is 0 Å². The van der Waals surface area contributed by atoms with Gasteiger partial charge in [0.1, 0.15) is 18.2 Å². The number of rotatable bonds is 6. The highest BCUT2D eigenvalue weighted by molar-refractivity contribution is 7.91. The third kappa shape index (κ3) is 4.62. The maximum absolute atomic E-state index is 12.1. The normalized spacial score (nSPS) is 12.2. The zero-order chi connectivity index (χ0) is 22.2. The Morgan fingerprint density at radius 1 is 0.871 bits per heavy atom. The Labute approximate surface area is 180 Å². The summed E-state index contributed by atoms with van der Waals surface area (Å²) in [5.41, 5.74) is 2.88. The lowest BCUT2D eigenvalue weighted by molar-refractivity contribution is 0.297. The SMILES string of the molecule is CS(=O)(=O)c1ccc(OCc2nc3ccc(-c4ccccc4S(C)(=O)=O)cc3[nH]2)cc1. The van der Waals surface area contributed by atoms with Crippen LogP contribution in [0.15, 0.2) is 76.5 Å². The van der Waals surface area contributed by atoms with Crippen LogP contribution in [0.25, 0.3) is 22.2 Å². The molecule has 0 saturated heterocycles. The molecule has 0 spiro atoms. The van der Waals surface area contributed by atoms with Gasteiger partial charge in [0.05, 0.1) is 20.8 Å². The Hall–Kier alpha value is -3.17. The van der Waals surface area contributed by atoms with Crippen molar-refractivity contribution in [1.29, 1.82) is 0 Å². The molecule has 31 heavy (non-hydrogen) atoms. The van der Waals surface area contributed by atoms with Crippen LogP contribution in [0.5, 0.6) is 5.75 Å². The van der Waals surface area contributed by atoms with Crippen molar-refractivity contribution < 1.29 is 21.6 Å². The highest BCUT2D eigenvalue weighted by Crippen LogP contribution is 2.29. The molecule has 0 aliphatic carbocycles. The van der Waals surface area contributed by atoms with Crippen molar-refractivity contribution in [2.75, 3.05) is 12.5 Å². The van der Waals surface area contributed by atoms with Gasteiger partial charge in [-0.25, -0.2) is 21.8 Å². The molecule has 3 aromatic carbocycles. The quantitative estimate of drug-likeness (QED) is 0.475. The molecule has 160 valence electrons. The van der Waals surface area contributed by atoms with Crippen LogP contribution in [-0.2, 0) is 26.3 Å². The highest BCUT2D eigenvalue weighted by Gasteiger charge is 2.15. The van der Waals surface area contributed by atoms with Gasteiger partial charge in [-0.15, -0.1) is 0 Å². The van der Waals surface area contributed by atoms with Crippen molar-refractivity contribution in [1.82, 2.24) is 9.97 Å². The average Bonchev–Trinajstić information content (AvgIpc) is 3.13. The van der Waals surface area contributed by atoms with E-state index in [2.05, 4.69) is 9.97 Å². The Bertz CT molecular complexity index is 1470. The summed E-state index contributed by atoms with van der Waals surface area (Å²) in [5, 5.41) is 0. The lowest BCUT2D eigenvalue weighted by atomic mass is 10.1. The minimum Gasteiger partial charge on any atom is -0.486 e. The van der Waals surface area contributed by atoms with Gasteiger partial charge < -0.3 is 9.72 Å². The Morgan fingerprint density at radius 3 is 2.26 bits per heavy atom. The Balaban J connectivity index is 1.58. The molecule has 0 saturated carbocycles. The second-order valence-electron chi connectivity index (χ2n) is 7.22. The molecule has 0 amide bonds. The average molecular weight is 457 g/mol. The molecule has 0 bridgehead atoms. The number of sulfone groups is 2. The fourth-order valence-corrected chi connectivity index (χ4v) is 4.80. The van der Waals surface area contributed by atoms with Crippen LogP contribution in [-0.4, -0.2) is 39.3 Å². The van der Waals surface area contributed by atoms with Crippen molar-refractivity contribution >= 4 is 30.7 Å². The molecule has 0 aliphatic rings. The smallest absolute Gasteiger partial charge is 0.176 e. The molecule has 4 rings (SSSR count). The summed E-state index contributed by atoms with van der Waals surface area (Å²) in [6.45, 7) is 0.169. The standard InChI is InChI=1S/C22H20N2O5S2/c1-30(25,26)17-10-8-16(9-11-17)29-14-22-23-19-12-7-15(13-20(19)24-22)18-5-3-4-6-21(18)31(2,27)28/h3-13H,14H2,1-2H3,(H,23,24). The molecular weight excluding hydrogens is 436 g/mol. The predicted molar refractivity (Wildman–Crippen MR) is 119 cm³/mol. The zero-order valence-corrected chi connectivity index (χ0v) is 18.5. The molecule has 0 unspecified atom stereocenters. The van der Waals surface area contributed by atoms with Gasteiger partial charge in [0.25, 0.3) is 0 Å². The third-order valence-corrected chi connectivity index (χ3v) is 7.04. The number of nitrogens with one attached hydrogen (secondary N) is 1. The number of nitrogens with zero attached hydrogens (tertiary/aromatic N) is 1. The fourth-order valence-electron chi connectivity index (χ4n) is 3.26. The van der Waals surface area contributed by atoms with Gasteiger partial charge in [0.15, 0.2) is 19.7 Å². The van der Waals surface area contributed by atoms with Crippen molar-refractivity contribution in [3.63, 3.8) is 0 Å². The van der Waals surface area contributed by atoms with E-state index in [0.717, 1.165) is 22.9 Å². The first-order valence-electron chi connectivity index (χ1n) is 9.32. The van der Waals surface area contributed by atoms with Gasteiger partial charge in [-0.1, -0.05) is 24.3 Å². The van der Waals surface area contributed by atoms with E-state index in [9.17, 15) is 16.8 Å². The predicted octanol–water partition coefficient (Wildman–Crippen LogP) is 3.62. The molecule has 0 fully saturated rings. The number of hydrogen-bond acceptors (Lipinski definition) is 6. The maximum atomic E-state index is 12.1. The highest BCUT2D eigenvalue weighted by atomic mass is 32.2. The van der Waals surface area contributed by atoms with E-state index in [1.54, 1.807) is 36.4 Å². The van der Waals surface area contributed by atoms with Crippen molar-refractivity contribution in [2.45, 2.75) is 16.4 Å². The van der Waals surface area contributed by atoms with Gasteiger partial charge in [-0.3, -0.25) is 0 Å². The molecule has 0 radical (unpaired) electrons. The van der Waals surface area contributed by atoms with Gasteiger partial charge in [0.2, 0.25) is 0 Å². The summed E-state index contributed by atoms with van der Waals surface area (Å²) in [7, 11) is -6.62. The number of hydrogen-bond donors (Lipinski definition) is 1. The summed E-state index contributed by atoms with van der Waals surface area (Å²) in [6.07, 6.45) is 2.35. The number of ether oxygens (including phenoxy) is 1. The Morgan fingerprint density at radius 2 is 1.58 bits per heavy atom. The van der Waals surface area contributed by atoms with Gasteiger partial charge in [-0.05, 0) is 48.0 Å². The van der Waals surface area contributed by atoms with E-state index in [4.69, 9.17) is 4.74 Å². The number of aromatic nitrogens is 2. The second-order valence-corrected chi connectivity index (χ2v) is 11.2. The number of fused-ring (bicyclic) bond motifs is 1. The van der Waals surface area contributed by atoms with E-state index in [1.165, 1.54) is 18.4 Å². The lowest BCUT2D eigenvalue weighted by Gasteiger charge is -2.07. The van der Waals surface area contributed by atoms with Crippen LogP contribution in [0.4, 0.5) is 0 Å². The molecule has 7 nitrogen and oxygen atoms in total. The van der Waals surface area contributed by atoms with Crippen LogP contribution in [0.2, 0.25) is 0 Å². The molecule has 1 aromatic heterocycles. The van der Waals surface area contributed by atoms with Crippen LogP contribution in [0.1, 0.15) is 5.82 Å². The van der Waals surface area contributed by atoms with E-state index < -0.39 is 19.7 Å². The molecular formula is C22H20N2O5S2. The molecule has 1 N–H and O–H groups in total. The first-order chi connectivity index (χ1) is 14.6. The Kier molecular flexibility index (Phi) is 5.32. The van der Waals surface area contributed by atoms with Gasteiger partial charge in [-0.2, -0.15) is 0 Å². The van der Waals surface area contributed by atoms with Crippen molar-refractivity contribution in [3.8, 4) is 16.9 Å². The summed E-state index contributed by atoms with van der Waals surface area (Å²) in [5.74, 6) is 1.12. The molecule has 1 heterocycles. The minimum absolute atomic E-state index is 0.169. The first-order valence-corrected chi connectivity index (χ1v) is 13.1. The van der Waals surface area contributed by atoms with E-state index >= 15 is 0 Å². The summed E-state index contributed by atoms with van der Waals surface area (Å²) in [6, 6.07) is 18.6. The minimum atomic E-state index is -3.36. The van der Waals surface area contributed by atoms with Crippen LogP contribution in [0.3, 0.4) is 0 Å². The lowest BCUT2D eigenvalue weighted by Crippen LogP contribution is -1.99. The molecule has 9 heteroatoms. The van der Waals surface area contributed by atoms with E-state index in [-0.39, 0.29) is 16.4 Å². The van der Waals surface area contributed by atoms with E-state index in [1.807, 2.05) is 18.2 Å². The summed E-state index contributed by atoms with van der Waals surface area (Å²) in [4.78, 5) is 8.18. The van der Waals surface area contributed by atoms with Crippen LogP contribution in [0, 0.1) is 0 Å². The second kappa shape index (κ2) is 7.82. The summed E-state index contributed by atoms with van der Waals surface area (Å²) < 4.78 is 53.0. The van der Waals surface area contributed by atoms with E-state index in [0.29, 0.717) is 17.1 Å². The third-order valence-electron chi connectivity index (χ3n) is 4.76. The van der Waals surface area contributed by atoms with Crippen molar-refractivity contribution in [2.24, 2.45) is 0 Å². The molecule has 0 atom stereocenters. The maximum Gasteiger partial charge on any atom is 0.176 e. The van der Waals surface area contributed by atoms with Crippen LogP contribution >= 0.6 is 0 Å². The van der Waals surface area contributed by atoms with Crippen LogP contribution < -0.4 is 4.74 Å². The largest absolute Gasteiger partial charge is 0.486 e. The zero-order valence-electron chi connectivity index (χ0n) is 16.9. The number of imidazole rings is 1. The monoisotopic (exact) mass is 456 g/mol. The summed E-state index contributed by atoms with van der Waals surface area (Å²) >= 11 is 0. The number of H-pyrrole nitrogens is 1. The number of aromatic amines is 1. The van der Waals surface area contributed by atoms with Gasteiger partial charge in [0, 0.05) is 18.1 Å². The first kappa shape index (κ1) is 21.1. The molecule has 4 aromatic rings. The number of benzene rings is 3. The van der Waals surface area contributed by atoms with Crippen molar-refractivity contribution in [3.05, 3.63) is 72.6 Å². The molecule has 0 aliphatic heterocycles. The fraction of sp³-hybridized carbons (Fsp3) is 0.136. The topological polar surface area (TPSA) is 106 Å².